The Morgan fingerprint density at radius 1 is 1.53 bits per heavy atom. The fraction of sp³-hybridized carbons (Fsp3) is 0.583. The van der Waals surface area contributed by atoms with E-state index in [4.69, 9.17) is 5.14 Å². The number of nitrogens with two attached hydrogens (primary N) is 1. The van der Waals surface area contributed by atoms with E-state index in [-0.39, 0.29) is 16.8 Å². The molecule has 0 bridgehead atoms. The van der Waals surface area contributed by atoms with Crippen LogP contribution >= 0.6 is 0 Å². The number of hydrogen-bond donors (Lipinski definition) is 1. The molecule has 1 fully saturated rings. The first-order valence-corrected chi connectivity index (χ1v) is 7.89. The van der Waals surface area contributed by atoms with Crippen LogP contribution in [0.25, 0.3) is 0 Å². The van der Waals surface area contributed by atoms with Crippen molar-refractivity contribution < 1.29 is 13.2 Å². The molecule has 0 spiro atoms. The van der Waals surface area contributed by atoms with Crippen molar-refractivity contribution >= 4 is 15.9 Å². The molecule has 2 N–H and O–H groups in total. The largest absolute Gasteiger partial charge is 0.345 e. The van der Waals surface area contributed by atoms with Gasteiger partial charge in [0, 0.05) is 25.8 Å². The van der Waals surface area contributed by atoms with E-state index in [1.807, 2.05) is 4.90 Å². The van der Waals surface area contributed by atoms with E-state index in [1.54, 1.807) is 7.05 Å². The van der Waals surface area contributed by atoms with Gasteiger partial charge in [-0.3, -0.25) is 4.79 Å². The normalized spacial score (nSPS) is 19.9. The van der Waals surface area contributed by atoms with Crippen LogP contribution in [-0.2, 0) is 17.1 Å². The van der Waals surface area contributed by atoms with E-state index in [9.17, 15) is 13.2 Å². The van der Waals surface area contributed by atoms with Gasteiger partial charge in [0.1, 0.15) is 10.6 Å². The molecule has 1 aromatic heterocycles. The lowest BCUT2D eigenvalue weighted by Gasteiger charge is -2.23. The maximum atomic E-state index is 12.4. The summed E-state index contributed by atoms with van der Waals surface area (Å²) in [5.41, 5.74) is 0.365. The van der Waals surface area contributed by atoms with Crippen LogP contribution in [0.4, 0.5) is 0 Å². The van der Waals surface area contributed by atoms with Crippen molar-refractivity contribution in [3.05, 3.63) is 18.0 Å². The summed E-state index contributed by atoms with van der Waals surface area (Å²) in [5, 5.41) is 5.08. The Morgan fingerprint density at radius 3 is 2.74 bits per heavy atom. The highest BCUT2D eigenvalue weighted by Crippen LogP contribution is 2.23. The zero-order valence-electron chi connectivity index (χ0n) is 11.2. The Balaban J connectivity index is 2.32. The number of rotatable bonds is 3. The van der Waals surface area contributed by atoms with E-state index in [0.29, 0.717) is 5.69 Å². The molecule has 0 aromatic carbocycles. The number of hydrogen-bond acceptors (Lipinski definition) is 3. The first-order chi connectivity index (χ1) is 8.84. The maximum absolute atomic E-state index is 12.4. The van der Waals surface area contributed by atoms with Gasteiger partial charge < -0.3 is 9.47 Å². The van der Waals surface area contributed by atoms with Crippen LogP contribution in [-0.4, -0.2) is 36.4 Å². The molecule has 7 heteroatoms. The standard InChI is InChI=1S/C12H19N3O3S/c1-3-9-5-4-6-15(9)12(16)11-7-10(8-14(11)2)19(13,17)18/h7-9H,3-6H2,1-2H3,(H2,13,17,18). The summed E-state index contributed by atoms with van der Waals surface area (Å²) in [6.45, 7) is 2.78. The lowest BCUT2D eigenvalue weighted by molar-refractivity contribution is 0.0724. The molecule has 0 radical (unpaired) electrons. The van der Waals surface area contributed by atoms with Crippen LogP contribution in [0.5, 0.6) is 0 Å². The van der Waals surface area contributed by atoms with Crippen LogP contribution in [0.2, 0.25) is 0 Å². The molecule has 2 rings (SSSR count). The van der Waals surface area contributed by atoms with Gasteiger partial charge in [-0.1, -0.05) is 6.92 Å². The fourth-order valence-electron chi connectivity index (χ4n) is 2.58. The summed E-state index contributed by atoms with van der Waals surface area (Å²) < 4.78 is 24.1. The Morgan fingerprint density at radius 2 is 2.21 bits per heavy atom. The molecule has 106 valence electrons. The van der Waals surface area contributed by atoms with E-state index in [0.717, 1.165) is 25.8 Å². The van der Waals surface area contributed by atoms with Crippen LogP contribution < -0.4 is 5.14 Å². The molecule has 0 saturated carbocycles. The lowest BCUT2D eigenvalue weighted by atomic mass is 10.1. The Labute approximate surface area is 113 Å². The van der Waals surface area contributed by atoms with Gasteiger partial charge in [-0.05, 0) is 25.3 Å². The van der Waals surface area contributed by atoms with E-state index in [1.165, 1.54) is 16.8 Å². The third-order valence-electron chi connectivity index (χ3n) is 3.64. The first kappa shape index (κ1) is 14.1. The van der Waals surface area contributed by atoms with Crippen molar-refractivity contribution in [1.29, 1.82) is 0 Å². The van der Waals surface area contributed by atoms with Crippen molar-refractivity contribution in [3.8, 4) is 0 Å². The van der Waals surface area contributed by atoms with Crippen molar-refractivity contribution in [2.24, 2.45) is 12.2 Å². The van der Waals surface area contributed by atoms with Crippen LogP contribution in [0.15, 0.2) is 17.2 Å². The molecule has 1 aliphatic heterocycles. The fourth-order valence-corrected chi connectivity index (χ4v) is 3.16. The van der Waals surface area contributed by atoms with E-state index < -0.39 is 10.0 Å². The molecule has 1 unspecified atom stereocenters. The summed E-state index contributed by atoms with van der Waals surface area (Å²) in [6, 6.07) is 1.60. The monoisotopic (exact) mass is 285 g/mol. The van der Waals surface area contributed by atoms with Gasteiger partial charge in [-0.15, -0.1) is 0 Å². The van der Waals surface area contributed by atoms with Crippen LogP contribution in [0, 0.1) is 0 Å². The number of primary sulfonamides is 1. The Bertz CT molecular complexity index is 591. The van der Waals surface area contributed by atoms with Gasteiger partial charge >= 0.3 is 0 Å². The second kappa shape index (κ2) is 4.97. The maximum Gasteiger partial charge on any atom is 0.270 e. The van der Waals surface area contributed by atoms with Crippen molar-refractivity contribution in [3.63, 3.8) is 0 Å². The second-order valence-electron chi connectivity index (χ2n) is 4.92. The predicted molar refractivity (Wildman–Crippen MR) is 71.1 cm³/mol. The molecule has 1 aromatic rings. The van der Waals surface area contributed by atoms with E-state index in [2.05, 4.69) is 6.92 Å². The SMILES string of the molecule is CCC1CCCN1C(=O)c1cc(S(N)(=O)=O)cn1C. The number of amides is 1. The van der Waals surface area contributed by atoms with E-state index >= 15 is 0 Å². The van der Waals surface area contributed by atoms with Gasteiger partial charge in [-0.2, -0.15) is 0 Å². The highest BCUT2D eigenvalue weighted by molar-refractivity contribution is 7.89. The summed E-state index contributed by atoms with van der Waals surface area (Å²) in [7, 11) is -2.12. The number of aromatic nitrogens is 1. The summed E-state index contributed by atoms with van der Waals surface area (Å²) in [6.07, 6.45) is 4.29. The smallest absolute Gasteiger partial charge is 0.270 e. The molecule has 0 aliphatic carbocycles. The number of carbonyl (C=O) groups excluding carboxylic acids is 1. The third-order valence-corrected chi connectivity index (χ3v) is 4.52. The highest BCUT2D eigenvalue weighted by atomic mass is 32.2. The van der Waals surface area contributed by atoms with Gasteiger partial charge in [0.15, 0.2) is 0 Å². The molecule has 1 saturated heterocycles. The molecule has 1 aliphatic rings. The van der Waals surface area contributed by atoms with Gasteiger partial charge in [0.2, 0.25) is 10.0 Å². The first-order valence-electron chi connectivity index (χ1n) is 6.34. The quantitative estimate of drug-likeness (QED) is 0.886. The average Bonchev–Trinajstić information content (AvgIpc) is 2.92. The highest BCUT2D eigenvalue weighted by Gasteiger charge is 2.30. The zero-order chi connectivity index (χ0) is 14.2. The summed E-state index contributed by atoms with van der Waals surface area (Å²) >= 11 is 0. The van der Waals surface area contributed by atoms with Crippen molar-refractivity contribution in [2.75, 3.05) is 6.54 Å². The molecular formula is C12H19N3O3S. The topological polar surface area (TPSA) is 85.4 Å². The van der Waals surface area contributed by atoms with Crippen molar-refractivity contribution in [2.45, 2.75) is 37.1 Å². The number of nitrogens with zero attached hydrogens (tertiary/aromatic N) is 2. The minimum Gasteiger partial charge on any atom is -0.345 e. The molecule has 19 heavy (non-hydrogen) atoms. The second-order valence-corrected chi connectivity index (χ2v) is 6.48. The van der Waals surface area contributed by atoms with Crippen LogP contribution in [0.1, 0.15) is 36.7 Å². The zero-order valence-corrected chi connectivity index (χ0v) is 12.0. The molecule has 6 nitrogen and oxygen atoms in total. The lowest BCUT2D eigenvalue weighted by Crippen LogP contribution is -2.36. The predicted octanol–water partition coefficient (Wildman–Crippen LogP) is 0.687. The van der Waals surface area contributed by atoms with Crippen molar-refractivity contribution in [1.82, 2.24) is 9.47 Å². The summed E-state index contributed by atoms with van der Waals surface area (Å²) in [5.74, 6) is -0.123. The Hall–Kier alpha value is -1.34. The number of aryl methyl sites for hydroxylation is 1. The minimum atomic E-state index is -3.77. The molecule has 2 heterocycles. The number of sulfonamides is 1. The molecule has 1 atom stereocenters. The third kappa shape index (κ3) is 2.66. The number of likely N-dealkylation sites (tertiary alicyclic amines) is 1. The molecular weight excluding hydrogens is 266 g/mol. The average molecular weight is 285 g/mol. The molecule has 1 amide bonds. The number of carbonyl (C=O) groups is 1. The minimum absolute atomic E-state index is 0.0226. The van der Waals surface area contributed by atoms with Gasteiger partial charge in [-0.25, -0.2) is 13.6 Å². The van der Waals surface area contributed by atoms with Gasteiger partial charge in [0.05, 0.1) is 0 Å². The van der Waals surface area contributed by atoms with Crippen LogP contribution in [0.3, 0.4) is 0 Å². The van der Waals surface area contributed by atoms with Gasteiger partial charge in [0.25, 0.3) is 5.91 Å². The Kier molecular flexibility index (Phi) is 3.69. The summed E-state index contributed by atoms with van der Waals surface area (Å²) in [4.78, 5) is 14.2.